The van der Waals surface area contributed by atoms with Gasteiger partial charge in [0.1, 0.15) is 0 Å². The molecule has 1 aromatic carbocycles. The smallest absolute Gasteiger partial charge is 0.0752 e. The van der Waals surface area contributed by atoms with Gasteiger partial charge < -0.3 is 0 Å². The molecular weight excluding hydrogens is 278 g/mol. The lowest BCUT2D eigenvalue weighted by molar-refractivity contribution is -0.0301. The van der Waals surface area contributed by atoms with E-state index in [-0.39, 0.29) is 4.87 Å². The van der Waals surface area contributed by atoms with Crippen molar-refractivity contribution in [1.82, 2.24) is 4.90 Å². The van der Waals surface area contributed by atoms with Gasteiger partial charge in [0.15, 0.2) is 0 Å². The van der Waals surface area contributed by atoms with Crippen LogP contribution in [0.4, 0.5) is 0 Å². The summed E-state index contributed by atoms with van der Waals surface area (Å²) in [6, 6.07) is 12.4. The van der Waals surface area contributed by atoms with E-state index in [0.717, 1.165) is 18.5 Å². The molecule has 0 amide bonds. The van der Waals surface area contributed by atoms with Gasteiger partial charge in [0.05, 0.1) is 4.87 Å². The topological polar surface area (TPSA) is 3.24 Å². The summed E-state index contributed by atoms with van der Waals surface area (Å²) in [6.45, 7) is 1.31. The Morgan fingerprint density at radius 2 is 1.71 bits per heavy atom. The molecule has 2 heteroatoms. The summed E-state index contributed by atoms with van der Waals surface area (Å²) in [5.41, 5.74) is 1.37. The molecule has 2 heterocycles. The maximum atomic E-state index is 7.37. The summed E-state index contributed by atoms with van der Waals surface area (Å²) in [6.07, 6.45) is 10.7. The third-order valence-corrected chi connectivity index (χ3v) is 6.86. The van der Waals surface area contributed by atoms with Crippen LogP contribution in [0.5, 0.6) is 0 Å². The van der Waals surface area contributed by atoms with Gasteiger partial charge >= 0.3 is 0 Å². The van der Waals surface area contributed by atoms with Crippen LogP contribution >= 0.6 is 11.6 Å². The van der Waals surface area contributed by atoms with E-state index < -0.39 is 0 Å². The SMILES string of the molecule is Cl[C@]1(c2ccccc2)C[C@@H]2CCCCN2[C@H]2CCCC[C@@H]21. The summed E-state index contributed by atoms with van der Waals surface area (Å²) < 4.78 is 0. The lowest BCUT2D eigenvalue weighted by Crippen LogP contribution is -2.60. The Kier molecular flexibility index (Phi) is 3.75. The Hall–Kier alpha value is -0.530. The van der Waals surface area contributed by atoms with E-state index in [4.69, 9.17) is 11.6 Å². The molecule has 0 radical (unpaired) electrons. The highest BCUT2D eigenvalue weighted by molar-refractivity contribution is 6.24. The molecule has 0 unspecified atom stereocenters. The summed E-state index contributed by atoms with van der Waals surface area (Å²) in [5.74, 6) is 0.643. The van der Waals surface area contributed by atoms with Gasteiger partial charge in [-0.25, -0.2) is 0 Å². The summed E-state index contributed by atoms with van der Waals surface area (Å²) in [5, 5.41) is 0. The van der Waals surface area contributed by atoms with Crippen LogP contribution < -0.4 is 0 Å². The lowest BCUT2D eigenvalue weighted by atomic mass is 9.65. The van der Waals surface area contributed by atoms with E-state index in [1.54, 1.807) is 0 Å². The van der Waals surface area contributed by atoms with E-state index in [9.17, 15) is 0 Å². The number of fused-ring (bicyclic) bond motifs is 3. The van der Waals surface area contributed by atoms with Crippen molar-refractivity contribution in [3.8, 4) is 0 Å². The highest BCUT2D eigenvalue weighted by Crippen LogP contribution is 2.54. The fourth-order valence-electron chi connectivity index (χ4n) is 5.26. The van der Waals surface area contributed by atoms with Gasteiger partial charge in [0.25, 0.3) is 0 Å². The van der Waals surface area contributed by atoms with Crippen molar-refractivity contribution in [1.29, 1.82) is 0 Å². The number of halogens is 1. The van der Waals surface area contributed by atoms with Gasteiger partial charge in [-0.15, -0.1) is 11.6 Å². The maximum Gasteiger partial charge on any atom is 0.0752 e. The largest absolute Gasteiger partial charge is 0.297 e. The monoisotopic (exact) mass is 303 g/mol. The second kappa shape index (κ2) is 5.59. The summed E-state index contributed by atoms with van der Waals surface area (Å²) in [4.78, 5) is 2.72. The Morgan fingerprint density at radius 3 is 2.57 bits per heavy atom. The third kappa shape index (κ3) is 2.33. The molecule has 1 saturated carbocycles. The van der Waals surface area contributed by atoms with Crippen LogP contribution in [0, 0.1) is 5.92 Å². The van der Waals surface area contributed by atoms with Gasteiger partial charge in [-0.3, -0.25) is 4.90 Å². The first kappa shape index (κ1) is 14.1. The molecular formula is C19H26ClN. The van der Waals surface area contributed by atoms with E-state index in [1.807, 2.05) is 0 Å². The quantitative estimate of drug-likeness (QED) is 0.664. The minimum Gasteiger partial charge on any atom is -0.297 e. The van der Waals surface area contributed by atoms with E-state index in [2.05, 4.69) is 35.2 Å². The van der Waals surface area contributed by atoms with Crippen molar-refractivity contribution in [2.24, 2.45) is 5.92 Å². The second-order valence-corrected chi connectivity index (χ2v) is 7.95. The molecule has 4 atom stereocenters. The fraction of sp³-hybridized carbons (Fsp3) is 0.684. The van der Waals surface area contributed by atoms with Crippen LogP contribution in [-0.2, 0) is 4.87 Å². The number of rotatable bonds is 1. The van der Waals surface area contributed by atoms with Gasteiger partial charge in [-0.2, -0.15) is 0 Å². The molecule has 0 spiro atoms. The first-order valence-corrected chi connectivity index (χ1v) is 9.17. The van der Waals surface area contributed by atoms with Gasteiger partial charge in [-0.05, 0) is 50.1 Å². The zero-order valence-corrected chi connectivity index (χ0v) is 13.6. The molecule has 1 aromatic rings. The lowest BCUT2D eigenvalue weighted by Gasteiger charge is -2.57. The number of hydrogen-bond donors (Lipinski definition) is 0. The molecule has 3 fully saturated rings. The summed E-state index contributed by atoms with van der Waals surface area (Å²) >= 11 is 7.37. The molecule has 0 aromatic heterocycles. The highest BCUT2D eigenvalue weighted by Gasteiger charge is 2.52. The Morgan fingerprint density at radius 1 is 0.952 bits per heavy atom. The molecule has 114 valence electrons. The number of alkyl halides is 1. The Labute approximate surface area is 133 Å². The third-order valence-electron chi connectivity index (χ3n) is 6.20. The average molecular weight is 304 g/mol. The Balaban J connectivity index is 1.72. The van der Waals surface area contributed by atoms with Crippen LogP contribution in [-0.4, -0.2) is 23.5 Å². The fourth-order valence-corrected chi connectivity index (χ4v) is 5.82. The zero-order valence-electron chi connectivity index (χ0n) is 12.8. The predicted molar refractivity (Wildman–Crippen MR) is 88.7 cm³/mol. The molecule has 0 N–H and O–H groups in total. The number of piperidine rings is 2. The molecule has 1 nitrogen and oxygen atoms in total. The predicted octanol–water partition coefficient (Wildman–Crippen LogP) is 4.94. The van der Waals surface area contributed by atoms with Crippen LogP contribution in [0.15, 0.2) is 30.3 Å². The van der Waals surface area contributed by atoms with Gasteiger partial charge in [-0.1, -0.05) is 49.6 Å². The van der Waals surface area contributed by atoms with E-state index >= 15 is 0 Å². The molecule has 2 aliphatic heterocycles. The van der Waals surface area contributed by atoms with Crippen molar-refractivity contribution in [3.63, 3.8) is 0 Å². The number of nitrogens with zero attached hydrogens (tertiary/aromatic N) is 1. The minimum absolute atomic E-state index is 0.120. The standard InChI is InChI=1S/C19H26ClN/c20-19(15-8-2-1-3-9-15)14-16-10-6-7-13-21(16)18-12-5-4-11-17(18)19/h1-3,8-9,16-18H,4-7,10-14H2/t16-,17-,18-,19-/m0/s1. The van der Waals surface area contributed by atoms with Crippen molar-refractivity contribution in [2.75, 3.05) is 6.54 Å². The van der Waals surface area contributed by atoms with Crippen LogP contribution in [0.2, 0.25) is 0 Å². The average Bonchev–Trinajstić information content (AvgIpc) is 2.56. The van der Waals surface area contributed by atoms with Crippen molar-refractivity contribution in [2.45, 2.75) is 68.3 Å². The zero-order chi connectivity index (χ0) is 14.3. The molecule has 21 heavy (non-hydrogen) atoms. The van der Waals surface area contributed by atoms with Crippen LogP contribution in [0.1, 0.15) is 56.9 Å². The van der Waals surface area contributed by atoms with Crippen LogP contribution in [0.3, 0.4) is 0 Å². The Bertz CT molecular complexity index is 488. The molecule has 4 rings (SSSR count). The maximum absolute atomic E-state index is 7.37. The van der Waals surface area contributed by atoms with E-state index in [1.165, 1.54) is 57.1 Å². The molecule has 2 saturated heterocycles. The minimum atomic E-state index is -0.120. The van der Waals surface area contributed by atoms with Crippen molar-refractivity contribution in [3.05, 3.63) is 35.9 Å². The van der Waals surface area contributed by atoms with Gasteiger partial charge in [0.2, 0.25) is 0 Å². The first-order chi connectivity index (χ1) is 10.3. The van der Waals surface area contributed by atoms with Crippen molar-refractivity contribution >= 4 is 11.6 Å². The normalized spacial score (nSPS) is 40.3. The van der Waals surface area contributed by atoms with Crippen LogP contribution in [0.25, 0.3) is 0 Å². The first-order valence-electron chi connectivity index (χ1n) is 8.79. The molecule has 1 aliphatic carbocycles. The number of benzene rings is 1. The van der Waals surface area contributed by atoms with Crippen molar-refractivity contribution < 1.29 is 0 Å². The number of hydrogen-bond acceptors (Lipinski definition) is 1. The molecule has 0 bridgehead atoms. The highest BCUT2D eigenvalue weighted by atomic mass is 35.5. The summed E-state index contributed by atoms with van der Waals surface area (Å²) in [7, 11) is 0. The molecule has 3 aliphatic rings. The van der Waals surface area contributed by atoms with E-state index in [0.29, 0.717) is 5.92 Å². The van der Waals surface area contributed by atoms with Gasteiger partial charge in [0, 0.05) is 12.1 Å². The second-order valence-electron chi connectivity index (χ2n) is 7.28.